The first-order valence-electron chi connectivity index (χ1n) is 5.06. The van der Waals surface area contributed by atoms with E-state index in [4.69, 9.17) is 4.74 Å². The van der Waals surface area contributed by atoms with Gasteiger partial charge in [-0.2, -0.15) is 0 Å². The molecule has 2 rings (SSSR count). The van der Waals surface area contributed by atoms with Gasteiger partial charge in [-0.1, -0.05) is 0 Å². The van der Waals surface area contributed by atoms with E-state index in [1.54, 1.807) is 0 Å². The molecule has 1 aromatic heterocycles. The van der Waals surface area contributed by atoms with E-state index in [1.807, 2.05) is 0 Å². The van der Waals surface area contributed by atoms with Gasteiger partial charge in [-0.05, 0) is 12.8 Å². The average molecular weight is 224 g/mol. The van der Waals surface area contributed by atoms with Gasteiger partial charge in [-0.25, -0.2) is 9.97 Å². The topological polar surface area (TPSA) is 90.2 Å². The molecular weight excluding hydrogens is 212 g/mol. The number of anilines is 1. The van der Waals surface area contributed by atoms with Crippen LogP contribution in [0, 0.1) is 10.1 Å². The van der Waals surface area contributed by atoms with E-state index in [0.717, 1.165) is 19.4 Å². The van der Waals surface area contributed by atoms with Gasteiger partial charge >= 0.3 is 5.69 Å². The Balaban J connectivity index is 1.96. The van der Waals surface area contributed by atoms with Gasteiger partial charge < -0.3 is 10.1 Å². The first kappa shape index (κ1) is 10.7. The molecule has 0 amide bonds. The van der Waals surface area contributed by atoms with Crippen LogP contribution in [-0.2, 0) is 4.74 Å². The van der Waals surface area contributed by atoms with Crippen LogP contribution in [0.4, 0.5) is 11.6 Å². The molecular formula is C9H12N4O3. The largest absolute Gasteiger partial charge is 0.379 e. The molecule has 0 saturated carbocycles. The Hall–Kier alpha value is -1.76. The van der Waals surface area contributed by atoms with Gasteiger partial charge in [0.1, 0.15) is 12.4 Å². The fraction of sp³-hybridized carbons (Fsp3) is 0.556. The highest BCUT2D eigenvalue weighted by Crippen LogP contribution is 2.12. The fourth-order valence-electron chi connectivity index (χ4n) is 1.53. The van der Waals surface area contributed by atoms with Crippen molar-refractivity contribution < 1.29 is 9.66 Å². The zero-order chi connectivity index (χ0) is 11.4. The van der Waals surface area contributed by atoms with E-state index >= 15 is 0 Å². The number of ether oxygens (including phenoxy) is 1. The lowest BCUT2D eigenvalue weighted by Gasteiger charge is -2.22. The molecule has 0 aromatic carbocycles. The predicted octanol–water partition coefficient (Wildman–Crippen LogP) is 0.976. The molecule has 0 radical (unpaired) electrons. The van der Waals surface area contributed by atoms with Gasteiger partial charge in [0.15, 0.2) is 0 Å². The van der Waals surface area contributed by atoms with Crippen molar-refractivity contribution in [2.45, 2.75) is 18.9 Å². The summed E-state index contributed by atoms with van der Waals surface area (Å²) in [6.07, 6.45) is 4.39. The maximum atomic E-state index is 10.4. The number of nitro groups is 1. The number of nitrogens with one attached hydrogen (secondary N) is 1. The molecule has 1 fully saturated rings. The Labute approximate surface area is 92.0 Å². The van der Waals surface area contributed by atoms with Crippen LogP contribution in [-0.4, -0.2) is 34.1 Å². The third kappa shape index (κ3) is 2.63. The Morgan fingerprint density at radius 2 is 2.25 bits per heavy atom. The third-order valence-corrected chi connectivity index (χ3v) is 2.34. The predicted molar refractivity (Wildman–Crippen MR) is 56.2 cm³/mol. The van der Waals surface area contributed by atoms with Crippen LogP contribution in [0.1, 0.15) is 12.8 Å². The lowest BCUT2D eigenvalue weighted by Crippen LogP contribution is -2.30. The number of hydrogen-bond donors (Lipinski definition) is 1. The van der Waals surface area contributed by atoms with Crippen molar-refractivity contribution in [3.05, 3.63) is 22.5 Å². The molecule has 16 heavy (non-hydrogen) atoms. The van der Waals surface area contributed by atoms with Gasteiger partial charge in [0.05, 0.1) is 17.6 Å². The summed E-state index contributed by atoms with van der Waals surface area (Å²) in [6.45, 7) is 1.42. The van der Waals surface area contributed by atoms with E-state index in [0.29, 0.717) is 12.6 Å². The summed E-state index contributed by atoms with van der Waals surface area (Å²) >= 11 is 0. The van der Waals surface area contributed by atoms with Crippen LogP contribution < -0.4 is 5.32 Å². The zero-order valence-electron chi connectivity index (χ0n) is 8.63. The van der Waals surface area contributed by atoms with Crippen molar-refractivity contribution in [1.29, 1.82) is 0 Å². The van der Waals surface area contributed by atoms with Crippen molar-refractivity contribution in [1.82, 2.24) is 9.97 Å². The summed E-state index contributed by atoms with van der Waals surface area (Å²) in [5, 5.41) is 13.5. The summed E-state index contributed by atoms with van der Waals surface area (Å²) < 4.78 is 5.29. The minimum absolute atomic E-state index is 0.106. The summed E-state index contributed by atoms with van der Waals surface area (Å²) in [5.41, 5.74) is -0.106. The summed E-state index contributed by atoms with van der Waals surface area (Å²) in [7, 11) is 0. The number of nitrogens with zero attached hydrogens (tertiary/aromatic N) is 3. The van der Waals surface area contributed by atoms with Crippen molar-refractivity contribution >= 4 is 11.6 Å². The Morgan fingerprint density at radius 3 is 2.81 bits per heavy atom. The molecule has 7 nitrogen and oxygen atoms in total. The summed E-state index contributed by atoms with van der Waals surface area (Å²) in [6, 6.07) is 0.190. The smallest absolute Gasteiger partial charge is 0.305 e. The average Bonchev–Trinajstić information content (AvgIpc) is 2.31. The molecule has 1 saturated heterocycles. The van der Waals surface area contributed by atoms with Crippen LogP contribution in [0.3, 0.4) is 0 Å². The van der Waals surface area contributed by atoms with Crippen LogP contribution >= 0.6 is 0 Å². The molecule has 0 aliphatic carbocycles. The van der Waals surface area contributed by atoms with Gasteiger partial charge in [-0.3, -0.25) is 10.1 Å². The van der Waals surface area contributed by atoms with Gasteiger partial charge in [0.2, 0.25) is 5.95 Å². The monoisotopic (exact) mass is 224 g/mol. The van der Waals surface area contributed by atoms with Crippen molar-refractivity contribution in [2.75, 3.05) is 18.5 Å². The molecule has 2 heterocycles. The van der Waals surface area contributed by atoms with Gasteiger partial charge in [0.25, 0.3) is 0 Å². The Morgan fingerprint density at radius 1 is 1.50 bits per heavy atom. The molecule has 0 spiro atoms. The first-order chi connectivity index (χ1) is 7.75. The number of hydrogen-bond acceptors (Lipinski definition) is 6. The Bertz CT molecular complexity index is 362. The second-order valence-corrected chi connectivity index (χ2v) is 3.58. The first-order valence-corrected chi connectivity index (χ1v) is 5.06. The zero-order valence-corrected chi connectivity index (χ0v) is 8.63. The van der Waals surface area contributed by atoms with E-state index in [9.17, 15) is 10.1 Å². The van der Waals surface area contributed by atoms with E-state index in [1.165, 1.54) is 12.4 Å². The number of aromatic nitrogens is 2. The normalized spacial score (nSPS) is 20.4. The lowest BCUT2D eigenvalue weighted by molar-refractivity contribution is -0.385. The highest BCUT2D eigenvalue weighted by molar-refractivity contribution is 5.31. The minimum atomic E-state index is -0.520. The van der Waals surface area contributed by atoms with E-state index in [-0.39, 0.29) is 11.7 Å². The quantitative estimate of drug-likeness (QED) is 0.607. The van der Waals surface area contributed by atoms with Crippen LogP contribution in [0.2, 0.25) is 0 Å². The Kier molecular flexibility index (Phi) is 3.25. The molecule has 0 bridgehead atoms. The van der Waals surface area contributed by atoms with Gasteiger partial charge in [0, 0.05) is 6.61 Å². The minimum Gasteiger partial charge on any atom is -0.379 e. The standard InChI is InChI=1S/C9H12N4O3/c14-13(15)8-4-10-9(11-5-8)12-7-2-1-3-16-6-7/h4-5,7H,1-3,6H2,(H,10,11,12). The second-order valence-electron chi connectivity index (χ2n) is 3.58. The molecule has 1 aliphatic heterocycles. The van der Waals surface area contributed by atoms with Crippen molar-refractivity contribution in [3.63, 3.8) is 0 Å². The molecule has 1 unspecified atom stereocenters. The maximum absolute atomic E-state index is 10.4. The molecule has 1 N–H and O–H groups in total. The van der Waals surface area contributed by atoms with Crippen molar-refractivity contribution in [3.8, 4) is 0 Å². The molecule has 7 heteroatoms. The molecule has 1 atom stereocenters. The second kappa shape index (κ2) is 4.84. The van der Waals surface area contributed by atoms with Gasteiger partial charge in [-0.15, -0.1) is 0 Å². The summed E-state index contributed by atoms with van der Waals surface area (Å²) in [4.78, 5) is 17.6. The highest BCUT2D eigenvalue weighted by Gasteiger charge is 2.15. The fourth-order valence-corrected chi connectivity index (χ4v) is 1.53. The van der Waals surface area contributed by atoms with Crippen molar-refractivity contribution in [2.24, 2.45) is 0 Å². The molecule has 1 aromatic rings. The SMILES string of the molecule is O=[N+]([O-])c1cnc(NC2CCCOC2)nc1. The van der Waals surface area contributed by atoms with Crippen LogP contribution in [0.5, 0.6) is 0 Å². The molecule has 86 valence electrons. The highest BCUT2D eigenvalue weighted by atomic mass is 16.6. The van der Waals surface area contributed by atoms with Crippen LogP contribution in [0.25, 0.3) is 0 Å². The third-order valence-electron chi connectivity index (χ3n) is 2.34. The van der Waals surface area contributed by atoms with E-state index in [2.05, 4.69) is 15.3 Å². The lowest BCUT2D eigenvalue weighted by atomic mass is 10.1. The number of rotatable bonds is 3. The maximum Gasteiger partial charge on any atom is 0.305 e. The van der Waals surface area contributed by atoms with Crippen LogP contribution in [0.15, 0.2) is 12.4 Å². The van der Waals surface area contributed by atoms with E-state index < -0.39 is 4.92 Å². The molecule has 1 aliphatic rings. The summed E-state index contributed by atoms with van der Waals surface area (Å²) in [5.74, 6) is 0.404.